The van der Waals surface area contributed by atoms with Crippen LogP contribution in [0.1, 0.15) is 36.7 Å². The predicted molar refractivity (Wildman–Crippen MR) is 78.6 cm³/mol. The summed E-state index contributed by atoms with van der Waals surface area (Å²) in [6.07, 6.45) is 0.560. The fourth-order valence-electron chi connectivity index (χ4n) is 1.74. The highest BCUT2D eigenvalue weighted by Crippen LogP contribution is 2.18. The lowest BCUT2D eigenvalue weighted by molar-refractivity contribution is 0.0176. The molecule has 0 heterocycles. The highest BCUT2D eigenvalue weighted by molar-refractivity contribution is 7.89. The van der Waals surface area contributed by atoms with Crippen LogP contribution in [-0.4, -0.2) is 33.7 Å². The minimum absolute atomic E-state index is 0.0436. The molecule has 0 bridgehead atoms. The molecule has 0 radical (unpaired) electrons. The molecule has 118 valence electrons. The second-order valence-electron chi connectivity index (χ2n) is 4.78. The Morgan fingerprint density at radius 1 is 1.29 bits per heavy atom. The molecule has 0 unspecified atom stereocenters. The quantitative estimate of drug-likeness (QED) is 0.607. The van der Waals surface area contributed by atoms with Gasteiger partial charge < -0.3 is 9.47 Å². The van der Waals surface area contributed by atoms with Crippen LogP contribution < -0.4 is 5.14 Å². The van der Waals surface area contributed by atoms with Gasteiger partial charge in [-0.05, 0) is 38.0 Å². The molecule has 6 nitrogen and oxygen atoms in total. The van der Waals surface area contributed by atoms with Crippen LogP contribution in [-0.2, 0) is 25.9 Å². The zero-order valence-electron chi connectivity index (χ0n) is 12.5. The van der Waals surface area contributed by atoms with Crippen molar-refractivity contribution in [3.8, 4) is 0 Å². The third-order valence-electron chi connectivity index (χ3n) is 2.76. The minimum Gasteiger partial charge on any atom is -0.460 e. The predicted octanol–water partition coefficient (Wildman–Crippen LogP) is 1.48. The molecule has 2 N–H and O–H groups in total. The van der Waals surface area contributed by atoms with Gasteiger partial charge in [-0.15, -0.1) is 0 Å². The van der Waals surface area contributed by atoms with Crippen molar-refractivity contribution in [3.63, 3.8) is 0 Å². The lowest BCUT2D eigenvalue weighted by atomic mass is 10.1. The van der Waals surface area contributed by atoms with E-state index in [1.807, 2.05) is 20.8 Å². The van der Waals surface area contributed by atoms with Gasteiger partial charge in [0.2, 0.25) is 10.0 Å². The van der Waals surface area contributed by atoms with E-state index in [1.54, 1.807) is 6.07 Å². The number of primary sulfonamides is 1. The molecule has 1 aromatic rings. The summed E-state index contributed by atoms with van der Waals surface area (Å²) in [6, 6.07) is 4.35. The molecule has 0 fully saturated rings. The number of carbonyl (C=O) groups excluding carboxylic acids is 1. The molecule has 0 amide bonds. The van der Waals surface area contributed by atoms with Crippen molar-refractivity contribution in [2.45, 2.75) is 38.2 Å². The molecule has 1 aromatic carbocycles. The third-order valence-corrected chi connectivity index (χ3v) is 3.75. The maximum Gasteiger partial charge on any atom is 0.338 e. The molecule has 0 atom stereocenters. The maximum atomic E-state index is 11.9. The van der Waals surface area contributed by atoms with Gasteiger partial charge in [0.05, 0.1) is 23.2 Å². The van der Waals surface area contributed by atoms with Crippen molar-refractivity contribution in [2.24, 2.45) is 5.14 Å². The van der Waals surface area contributed by atoms with Gasteiger partial charge in [-0.3, -0.25) is 0 Å². The Hall–Kier alpha value is -1.44. The molecule has 0 aliphatic carbocycles. The van der Waals surface area contributed by atoms with Gasteiger partial charge in [-0.25, -0.2) is 18.4 Å². The number of esters is 1. The van der Waals surface area contributed by atoms with Gasteiger partial charge >= 0.3 is 5.97 Å². The van der Waals surface area contributed by atoms with Crippen LogP contribution in [0, 0.1) is 0 Å². The monoisotopic (exact) mass is 315 g/mol. The van der Waals surface area contributed by atoms with E-state index in [1.165, 1.54) is 12.1 Å². The largest absolute Gasteiger partial charge is 0.460 e. The fourth-order valence-corrected chi connectivity index (χ4v) is 2.61. The summed E-state index contributed by atoms with van der Waals surface area (Å²) >= 11 is 0. The van der Waals surface area contributed by atoms with Crippen molar-refractivity contribution in [1.82, 2.24) is 0 Å². The van der Waals surface area contributed by atoms with Crippen LogP contribution in [0.2, 0.25) is 0 Å². The highest BCUT2D eigenvalue weighted by atomic mass is 32.2. The Labute approximate surface area is 125 Å². The van der Waals surface area contributed by atoms with Crippen molar-refractivity contribution >= 4 is 16.0 Å². The maximum absolute atomic E-state index is 11.9. The summed E-state index contributed by atoms with van der Waals surface area (Å²) in [5.74, 6) is -0.602. The summed E-state index contributed by atoms with van der Waals surface area (Å²) in [4.78, 5) is 11.8. The first-order valence-electron chi connectivity index (χ1n) is 6.70. The van der Waals surface area contributed by atoms with Crippen molar-refractivity contribution in [3.05, 3.63) is 29.3 Å². The second kappa shape index (κ2) is 7.53. The van der Waals surface area contributed by atoms with Crippen LogP contribution >= 0.6 is 0 Å². The molecule has 1 rings (SSSR count). The van der Waals surface area contributed by atoms with Gasteiger partial charge in [0.25, 0.3) is 0 Å². The Morgan fingerprint density at radius 3 is 2.48 bits per heavy atom. The lowest BCUT2D eigenvalue weighted by Crippen LogP contribution is -2.17. The number of benzene rings is 1. The number of hydrogen-bond acceptors (Lipinski definition) is 5. The smallest absolute Gasteiger partial charge is 0.338 e. The number of carbonyl (C=O) groups is 1. The number of aryl methyl sites for hydroxylation is 1. The molecular formula is C14H21NO5S. The Balaban J connectivity index is 2.82. The molecule has 0 saturated heterocycles. The van der Waals surface area contributed by atoms with Gasteiger partial charge in [0, 0.05) is 0 Å². The van der Waals surface area contributed by atoms with Crippen molar-refractivity contribution in [1.29, 1.82) is 0 Å². The van der Waals surface area contributed by atoms with E-state index in [2.05, 4.69) is 0 Å². The summed E-state index contributed by atoms with van der Waals surface area (Å²) in [6.45, 7) is 5.97. The van der Waals surface area contributed by atoms with Crippen LogP contribution in [0.25, 0.3) is 0 Å². The van der Waals surface area contributed by atoms with Crippen LogP contribution in [0.5, 0.6) is 0 Å². The first kappa shape index (κ1) is 17.6. The fraction of sp³-hybridized carbons (Fsp3) is 0.500. The SMILES string of the molecule is CCc1ccc(C(=O)OCCOC(C)C)cc1S(N)(=O)=O. The number of sulfonamides is 1. The van der Waals surface area contributed by atoms with E-state index in [0.29, 0.717) is 18.6 Å². The Kier molecular flexibility index (Phi) is 6.32. The normalized spacial score (nSPS) is 11.7. The van der Waals surface area contributed by atoms with Crippen LogP contribution in [0.3, 0.4) is 0 Å². The molecule has 0 spiro atoms. The Bertz CT molecular complexity index is 595. The highest BCUT2D eigenvalue weighted by Gasteiger charge is 2.17. The molecular weight excluding hydrogens is 294 g/mol. The van der Waals surface area contributed by atoms with Crippen molar-refractivity contribution in [2.75, 3.05) is 13.2 Å². The van der Waals surface area contributed by atoms with E-state index >= 15 is 0 Å². The topological polar surface area (TPSA) is 95.7 Å². The first-order chi connectivity index (χ1) is 9.75. The molecule has 0 aliphatic heterocycles. The van der Waals surface area contributed by atoms with E-state index in [4.69, 9.17) is 14.6 Å². The number of hydrogen-bond donors (Lipinski definition) is 1. The minimum atomic E-state index is -3.87. The molecule has 0 aliphatic rings. The summed E-state index contributed by atoms with van der Waals surface area (Å²) in [5.41, 5.74) is 0.720. The lowest BCUT2D eigenvalue weighted by Gasteiger charge is -2.10. The number of rotatable bonds is 7. The molecule has 21 heavy (non-hydrogen) atoms. The van der Waals surface area contributed by atoms with E-state index in [-0.39, 0.29) is 23.2 Å². The first-order valence-corrected chi connectivity index (χ1v) is 8.24. The van der Waals surface area contributed by atoms with E-state index in [0.717, 1.165) is 0 Å². The zero-order chi connectivity index (χ0) is 16.0. The summed E-state index contributed by atoms with van der Waals surface area (Å²) in [7, 11) is -3.87. The second-order valence-corrected chi connectivity index (χ2v) is 6.31. The summed E-state index contributed by atoms with van der Waals surface area (Å²) in [5, 5.41) is 5.16. The van der Waals surface area contributed by atoms with Gasteiger partial charge in [0.15, 0.2) is 0 Å². The zero-order valence-corrected chi connectivity index (χ0v) is 13.3. The third kappa shape index (κ3) is 5.45. The molecule has 7 heteroatoms. The van der Waals surface area contributed by atoms with Gasteiger partial charge in [-0.1, -0.05) is 13.0 Å². The van der Waals surface area contributed by atoms with Crippen molar-refractivity contribution < 1.29 is 22.7 Å². The standard InChI is InChI=1S/C14H21NO5S/c1-4-11-5-6-12(9-13(11)21(15,17)18)14(16)20-8-7-19-10(2)3/h5-6,9-10H,4,7-8H2,1-3H3,(H2,15,17,18). The Morgan fingerprint density at radius 2 is 1.95 bits per heavy atom. The van der Waals surface area contributed by atoms with Crippen LogP contribution in [0.15, 0.2) is 23.1 Å². The average Bonchev–Trinajstić information content (AvgIpc) is 2.41. The number of nitrogens with two attached hydrogens (primary N) is 1. The molecule has 0 aromatic heterocycles. The molecule has 0 saturated carbocycles. The van der Waals surface area contributed by atoms with Crippen LogP contribution in [0.4, 0.5) is 0 Å². The van der Waals surface area contributed by atoms with Gasteiger partial charge in [0.1, 0.15) is 6.61 Å². The van der Waals surface area contributed by atoms with E-state index < -0.39 is 16.0 Å². The van der Waals surface area contributed by atoms with E-state index in [9.17, 15) is 13.2 Å². The average molecular weight is 315 g/mol. The summed E-state index contributed by atoms with van der Waals surface area (Å²) < 4.78 is 33.3. The van der Waals surface area contributed by atoms with Gasteiger partial charge in [-0.2, -0.15) is 0 Å². The number of ether oxygens (including phenoxy) is 2.